The molecule has 0 aliphatic heterocycles. The minimum absolute atomic E-state index is 0.303. The van der Waals surface area contributed by atoms with Crippen LogP contribution < -0.4 is 0 Å². The fourth-order valence-corrected chi connectivity index (χ4v) is 1.09. The molecule has 0 saturated carbocycles. The highest BCUT2D eigenvalue weighted by Crippen LogP contribution is 2.03. The quantitative estimate of drug-likeness (QED) is 0.177. The Kier molecular flexibility index (Phi) is 8.71. The average molecular weight is 236 g/mol. The molecule has 0 aromatic heterocycles. The standard InChI is InChI=1S/C14H20O3/c1-4-6-8-10-12(3)14(16)17-13(15)11-9-7-5-2/h4,8,10H,5,7,9,11H2,1-3H3. The van der Waals surface area contributed by atoms with Gasteiger partial charge < -0.3 is 4.74 Å². The molecule has 3 heteroatoms. The molecule has 0 aromatic carbocycles. The number of unbranched alkanes of at least 4 members (excludes halogenated alkanes) is 2. The Morgan fingerprint density at radius 2 is 2.00 bits per heavy atom. The number of allylic oxidation sites excluding steroid dienone is 2. The lowest BCUT2D eigenvalue weighted by atomic mass is 10.2. The Morgan fingerprint density at radius 1 is 1.29 bits per heavy atom. The molecular formula is C14H20O3. The number of rotatable bonds is 6. The minimum atomic E-state index is -0.583. The summed E-state index contributed by atoms with van der Waals surface area (Å²) in [7, 11) is 0. The Balaban J connectivity index is 4.11. The van der Waals surface area contributed by atoms with E-state index in [9.17, 15) is 9.59 Å². The van der Waals surface area contributed by atoms with Crippen molar-refractivity contribution in [3.05, 3.63) is 29.5 Å². The average Bonchev–Trinajstić information content (AvgIpc) is 2.29. The van der Waals surface area contributed by atoms with Crippen LogP contribution in [0.3, 0.4) is 0 Å². The highest BCUT2D eigenvalue weighted by atomic mass is 16.6. The first-order valence-corrected chi connectivity index (χ1v) is 5.90. The van der Waals surface area contributed by atoms with Crippen LogP contribution in [0.4, 0.5) is 0 Å². The number of hydrogen-bond acceptors (Lipinski definition) is 3. The van der Waals surface area contributed by atoms with E-state index in [1.807, 2.05) is 6.92 Å². The van der Waals surface area contributed by atoms with E-state index < -0.39 is 11.9 Å². The lowest BCUT2D eigenvalue weighted by Gasteiger charge is -2.02. The number of hydrogen-bond donors (Lipinski definition) is 0. The molecule has 94 valence electrons. The molecule has 0 aromatic rings. The highest BCUT2D eigenvalue weighted by Gasteiger charge is 2.11. The lowest BCUT2D eigenvalue weighted by Crippen LogP contribution is -2.12. The Labute approximate surface area is 103 Å². The maximum absolute atomic E-state index is 11.4. The summed E-state index contributed by atoms with van der Waals surface area (Å²) in [6, 6.07) is 0. The van der Waals surface area contributed by atoms with Crippen molar-refractivity contribution in [1.29, 1.82) is 0 Å². The molecular weight excluding hydrogens is 216 g/mol. The van der Waals surface area contributed by atoms with Gasteiger partial charge in [-0.05, 0) is 38.5 Å². The topological polar surface area (TPSA) is 43.4 Å². The second-order valence-corrected chi connectivity index (χ2v) is 3.69. The van der Waals surface area contributed by atoms with Crippen LogP contribution in [0.5, 0.6) is 0 Å². The van der Waals surface area contributed by atoms with Gasteiger partial charge in [-0.1, -0.05) is 19.8 Å². The van der Waals surface area contributed by atoms with Crippen LogP contribution in [0.15, 0.2) is 29.5 Å². The van der Waals surface area contributed by atoms with E-state index in [1.165, 1.54) is 0 Å². The molecule has 0 saturated heterocycles. The highest BCUT2D eigenvalue weighted by molar-refractivity contribution is 5.95. The summed E-state index contributed by atoms with van der Waals surface area (Å²) in [4.78, 5) is 22.7. The third-order valence-corrected chi connectivity index (χ3v) is 2.11. The van der Waals surface area contributed by atoms with Crippen molar-refractivity contribution in [1.82, 2.24) is 0 Å². The van der Waals surface area contributed by atoms with Gasteiger partial charge in [-0.3, -0.25) is 4.79 Å². The van der Waals surface area contributed by atoms with Crippen molar-refractivity contribution in [2.24, 2.45) is 0 Å². The molecule has 0 N–H and O–H groups in total. The molecule has 0 amide bonds. The monoisotopic (exact) mass is 236 g/mol. The number of esters is 2. The fourth-order valence-electron chi connectivity index (χ4n) is 1.09. The first kappa shape index (κ1) is 15.4. The summed E-state index contributed by atoms with van der Waals surface area (Å²) >= 11 is 0. The predicted octanol–water partition coefficient (Wildman–Crippen LogP) is 3.31. The van der Waals surface area contributed by atoms with Gasteiger partial charge >= 0.3 is 11.9 Å². The molecule has 0 radical (unpaired) electrons. The molecule has 0 spiro atoms. The maximum Gasteiger partial charge on any atom is 0.341 e. The fraction of sp³-hybridized carbons (Fsp3) is 0.500. The summed E-state index contributed by atoms with van der Waals surface area (Å²) in [5.41, 5.74) is 3.20. The second kappa shape index (κ2) is 9.61. The second-order valence-electron chi connectivity index (χ2n) is 3.69. The molecule has 0 bridgehead atoms. The van der Waals surface area contributed by atoms with Gasteiger partial charge in [0.05, 0.1) is 0 Å². The number of ether oxygens (including phenoxy) is 1. The van der Waals surface area contributed by atoms with Gasteiger partial charge in [0.2, 0.25) is 0 Å². The van der Waals surface area contributed by atoms with Crippen molar-refractivity contribution in [3.63, 3.8) is 0 Å². The first-order valence-electron chi connectivity index (χ1n) is 5.90. The van der Waals surface area contributed by atoms with E-state index in [0.717, 1.165) is 19.3 Å². The maximum atomic E-state index is 11.4. The molecule has 0 fully saturated rings. The van der Waals surface area contributed by atoms with Crippen molar-refractivity contribution < 1.29 is 14.3 Å². The van der Waals surface area contributed by atoms with E-state index in [2.05, 4.69) is 17.4 Å². The zero-order chi connectivity index (χ0) is 13.1. The van der Waals surface area contributed by atoms with Crippen LogP contribution in [-0.4, -0.2) is 11.9 Å². The Morgan fingerprint density at radius 3 is 2.59 bits per heavy atom. The minimum Gasteiger partial charge on any atom is -0.390 e. The predicted molar refractivity (Wildman–Crippen MR) is 67.3 cm³/mol. The van der Waals surface area contributed by atoms with Gasteiger partial charge in [-0.15, -0.1) is 5.73 Å². The summed E-state index contributed by atoms with van der Waals surface area (Å²) in [5, 5.41) is 0. The number of carbonyl (C=O) groups excluding carboxylic acids is 2. The number of carbonyl (C=O) groups is 2. The van der Waals surface area contributed by atoms with Crippen molar-refractivity contribution in [2.75, 3.05) is 0 Å². The zero-order valence-corrected chi connectivity index (χ0v) is 10.8. The van der Waals surface area contributed by atoms with E-state index in [-0.39, 0.29) is 0 Å². The molecule has 0 aliphatic rings. The van der Waals surface area contributed by atoms with Gasteiger partial charge in [-0.2, -0.15) is 0 Å². The van der Waals surface area contributed by atoms with Crippen molar-refractivity contribution in [2.45, 2.75) is 46.5 Å². The van der Waals surface area contributed by atoms with Gasteiger partial charge in [-0.25, -0.2) is 4.79 Å². The van der Waals surface area contributed by atoms with Crippen LogP contribution >= 0.6 is 0 Å². The molecule has 0 atom stereocenters. The van der Waals surface area contributed by atoms with E-state index in [4.69, 9.17) is 0 Å². The smallest absolute Gasteiger partial charge is 0.341 e. The summed E-state index contributed by atoms with van der Waals surface area (Å²) < 4.78 is 4.69. The normalized spacial score (nSPS) is 10.4. The van der Waals surface area contributed by atoms with Crippen LogP contribution in [0.2, 0.25) is 0 Å². The molecule has 3 nitrogen and oxygen atoms in total. The van der Waals surface area contributed by atoms with E-state index >= 15 is 0 Å². The van der Waals surface area contributed by atoms with Crippen LogP contribution in [0.25, 0.3) is 0 Å². The van der Waals surface area contributed by atoms with E-state index in [0.29, 0.717) is 12.0 Å². The zero-order valence-electron chi connectivity index (χ0n) is 10.8. The molecule has 0 unspecified atom stereocenters. The Bertz CT molecular complexity index is 344. The van der Waals surface area contributed by atoms with Crippen molar-refractivity contribution in [3.8, 4) is 0 Å². The molecule has 0 rings (SSSR count). The third kappa shape index (κ3) is 8.23. The summed E-state index contributed by atoms with van der Waals surface area (Å²) in [6.07, 6.45) is 7.99. The first-order chi connectivity index (χ1) is 8.11. The molecule has 0 aliphatic carbocycles. The van der Waals surface area contributed by atoms with Gasteiger partial charge in [0.15, 0.2) is 0 Å². The Hall–Kier alpha value is -1.60. The molecule has 17 heavy (non-hydrogen) atoms. The van der Waals surface area contributed by atoms with Crippen LogP contribution in [-0.2, 0) is 14.3 Å². The van der Waals surface area contributed by atoms with Crippen molar-refractivity contribution >= 4 is 11.9 Å². The van der Waals surface area contributed by atoms with Crippen LogP contribution in [0, 0.1) is 0 Å². The van der Waals surface area contributed by atoms with Crippen LogP contribution in [0.1, 0.15) is 46.5 Å². The SMILES string of the molecule is CC=C=CC=C(C)C(=O)OC(=O)CCCCC. The largest absolute Gasteiger partial charge is 0.390 e. The molecule has 0 heterocycles. The van der Waals surface area contributed by atoms with Gasteiger partial charge in [0.1, 0.15) is 0 Å². The van der Waals surface area contributed by atoms with Gasteiger partial charge in [0, 0.05) is 12.0 Å². The third-order valence-electron chi connectivity index (χ3n) is 2.11. The van der Waals surface area contributed by atoms with E-state index in [1.54, 1.807) is 25.2 Å². The van der Waals surface area contributed by atoms with Gasteiger partial charge in [0.25, 0.3) is 0 Å². The lowest BCUT2D eigenvalue weighted by molar-refractivity contribution is -0.156. The summed E-state index contributed by atoms with van der Waals surface area (Å²) in [6.45, 7) is 5.49. The summed E-state index contributed by atoms with van der Waals surface area (Å²) in [5.74, 6) is -1.04.